The van der Waals surface area contributed by atoms with Gasteiger partial charge in [0.15, 0.2) is 0 Å². The van der Waals surface area contributed by atoms with Gasteiger partial charge in [0.2, 0.25) is 0 Å². The second-order valence-corrected chi connectivity index (χ2v) is 4.40. The third-order valence-corrected chi connectivity index (χ3v) is 2.75. The number of hydrogen-bond donors (Lipinski definition) is 2. The van der Waals surface area contributed by atoms with Crippen molar-refractivity contribution in [1.29, 1.82) is 0 Å². The van der Waals surface area contributed by atoms with E-state index in [-0.39, 0.29) is 0 Å². The van der Waals surface area contributed by atoms with E-state index in [4.69, 9.17) is 5.73 Å². The first-order valence-electron chi connectivity index (χ1n) is 5.51. The molecule has 18 heavy (non-hydrogen) atoms. The van der Waals surface area contributed by atoms with Gasteiger partial charge in [-0.15, -0.1) is 0 Å². The van der Waals surface area contributed by atoms with E-state index < -0.39 is 11.7 Å². The number of allylic oxidation sites excluding steroid dienone is 1. The normalized spacial score (nSPS) is 16.3. The third kappa shape index (κ3) is 3.04. The fourth-order valence-corrected chi connectivity index (χ4v) is 1.65. The molecule has 1 aromatic carbocycles. The zero-order valence-electron chi connectivity index (χ0n) is 10.6. The zero-order valence-corrected chi connectivity index (χ0v) is 10.6. The summed E-state index contributed by atoms with van der Waals surface area (Å²) in [6, 6.07) is 7.14. The summed E-state index contributed by atoms with van der Waals surface area (Å²) in [5, 5.41) is 2.94. The summed E-state index contributed by atoms with van der Waals surface area (Å²) >= 11 is 0. The molecule has 0 spiro atoms. The highest BCUT2D eigenvalue weighted by molar-refractivity contribution is 5.75. The Balaban J connectivity index is 3.18. The van der Waals surface area contributed by atoms with Crippen LogP contribution in [0.3, 0.4) is 0 Å². The quantitative estimate of drug-likeness (QED) is 0.872. The summed E-state index contributed by atoms with van der Waals surface area (Å²) in [5.74, 6) is 0. The maximum absolute atomic E-state index is 12.7. The standard InChI is InChI=1S/C13H17F3N2/c1-9(8-12(2,17)13(14,15)16)10-6-4-5-7-11(10)18-3/h4-8,18H,17H2,1-3H3/b9-8-. The van der Waals surface area contributed by atoms with Crippen LogP contribution in [0.25, 0.3) is 5.57 Å². The summed E-state index contributed by atoms with van der Waals surface area (Å²) in [7, 11) is 1.72. The lowest BCUT2D eigenvalue weighted by Crippen LogP contribution is -2.49. The summed E-state index contributed by atoms with van der Waals surface area (Å²) in [6.07, 6.45) is -3.42. The average molecular weight is 258 g/mol. The third-order valence-electron chi connectivity index (χ3n) is 2.75. The second-order valence-electron chi connectivity index (χ2n) is 4.40. The minimum Gasteiger partial charge on any atom is -0.388 e. The van der Waals surface area contributed by atoms with Gasteiger partial charge in [0, 0.05) is 18.3 Å². The molecule has 1 aromatic rings. The number of alkyl halides is 3. The average Bonchev–Trinajstić information content (AvgIpc) is 2.26. The van der Waals surface area contributed by atoms with Gasteiger partial charge >= 0.3 is 6.18 Å². The van der Waals surface area contributed by atoms with Crippen LogP contribution in [0.2, 0.25) is 0 Å². The van der Waals surface area contributed by atoms with E-state index >= 15 is 0 Å². The molecule has 0 saturated heterocycles. The fourth-order valence-electron chi connectivity index (χ4n) is 1.65. The van der Waals surface area contributed by atoms with Crippen molar-refractivity contribution in [3.8, 4) is 0 Å². The first-order chi connectivity index (χ1) is 8.19. The van der Waals surface area contributed by atoms with E-state index in [9.17, 15) is 13.2 Å². The van der Waals surface area contributed by atoms with Crippen molar-refractivity contribution in [3.05, 3.63) is 35.9 Å². The molecule has 2 nitrogen and oxygen atoms in total. The summed E-state index contributed by atoms with van der Waals surface area (Å²) < 4.78 is 38.1. The molecular formula is C13H17F3N2. The molecule has 0 fully saturated rings. The number of para-hydroxylation sites is 1. The Morgan fingerprint density at radius 1 is 1.28 bits per heavy atom. The van der Waals surface area contributed by atoms with Gasteiger partial charge in [-0.1, -0.05) is 24.3 Å². The number of nitrogens with two attached hydrogens (primary N) is 1. The van der Waals surface area contributed by atoms with Crippen molar-refractivity contribution in [2.45, 2.75) is 25.6 Å². The van der Waals surface area contributed by atoms with E-state index in [2.05, 4.69) is 5.32 Å². The molecule has 0 heterocycles. The lowest BCUT2D eigenvalue weighted by molar-refractivity contribution is -0.166. The highest BCUT2D eigenvalue weighted by Gasteiger charge is 2.46. The van der Waals surface area contributed by atoms with E-state index in [1.54, 1.807) is 32.2 Å². The van der Waals surface area contributed by atoms with E-state index in [0.29, 0.717) is 11.1 Å². The van der Waals surface area contributed by atoms with Gasteiger partial charge in [0.05, 0.1) is 0 Å². The van der Waals surface area contributed by atoms with E-state index in [1.807, 2.05) is 6.07 Å². The van der Waals surface area contributed by atoms with Crippen molar-refractivity contribution < 1.29 is 13.2 Å². The molecule has 0 aliphatic carbocycles. The largest absolute Gasteiger partial charge is 0.409 e. The molecule has 3 N–H and O–H groups in total. The maximum Gasteiger partial charge on any atom is 0.409 e. The first-order valence-corrected chi connectivity index (χ1v) is 5.51. The lowest BCUT2D eigenvalue weighted by atomic mass is 9.95. The Morgan fingerprint density at radius 2 is 1.83 bits per heavy atom. The molecule has 0 saturated carbocycles. The van der Waals surface area contributed by atoms with Crippen LogP contribution in [0.15, 0.2) is 30.3 Å². The SMILES string of the molecule is CNc1ccccc1/C(C)=C\C(C)(N)C(F)(F)F. The van der Waals surface area contributed by atoms with Crippen LogP contribution in [0.5, 0.6) is 0 Å². The molecule has 0 aliphatic rings. The van der Waals surface area contributed by atoms with Crippen LogP contribution in [0.1, 0.15) is 19.4 Å². The van der Waals surface area contributed by atoms with Crippen molar-refractivity contribution in [2.75, 3.05) is 12.4 Å². The van der Waals surface area contributed by atoms with Gasteiger partial charge in [-0.05, 0) is 25.5 Å². The number of halogens is 3. The Bertz CT molecular complexity index is 448. The van der Waals surface area contributed by atoms with Gasteiger partial charge in [-0.2, -0.15) is 13.2 Å². The molecule has 0 amide bonds. The molecule has 100 valence electrons. The van der Waals surface area contributed by atoms with Gasteiger partial charge in [-0.3, -0.25) is 0 Å². The predicted molar refractivity (Wildman–Crippen MR) is 68.3 cm³/mol. The molecule has 1 rings (SSSR count). The van der Waals surface area contributed by atoms with E-state index in [1.165, 1.54) is 0 Å². The van der Waals surface area contributed by atoms with Crippen LogP contribution in [-0.4, -0.2) is 18.8 Å². The molecule has 0 bridgehead atoms. The Hall–Kier alpha value is -1.49. The Morgan fingerprint density at radius 3 is 2.33 bits per heavy atom. The number of nitrogens with one attached hydrogen (secondary N) is 1. The zero-order chi connectivity index (χ0) is 14.0. The smallest absolute Gasteiger partial charge is 0.388 e. The number of hydrogen-bond acceptors (Lipinski definition) is 2. The highest BCUT2D eigenvalue weighted by atomic mass is 19.4. The van der Waals surface area contributed by atoms with Gasteiger partial charge in [0.1, 0.15) is 5.54 Å². The Labute approximate surface area is 105 Å². The number of benzene rings is 1. The Kier molecular flexibility index (Phi) is 4.06. The number of rotatable bonds is 3. The molecule has 0 radical (unpaired) electrons. The van der Waals surface area contributed by atoms with E-state index in [0.717, 1.165) is 18.7 Å². The molecular weight excluding hydrogens is 241 g/mol. The van der Waals surface area contributed by atoms with Crippen LogP contribution in [0, 0.1) is 0 Å². The van der Waals surface area contributed by atoms with Crippen LogP contribution < -0.4 is 11.1 Å². The molecule has 0 aliphatic heterocycles. The summed E-state index contributed by atoms with van der Waals surface area (Å²) in [5.41, 5.74) is 4.93. The van der Waals surface area contributed by atoms with Crippen LogP contribution in [0.4, 0.5) is 18.9 Å². The van der Waals surface area contributed by atoms with Crippen molar-refractivity contribution >= 4 is 11.3 Å². The second kappa shape index (κ2) is 5.02. The maximum atomic E-state index is 12.7. The van der Waals surface area contributed by atoms with Gasteiger partial charge < -0.3 is 11.1 Å². The van der Waals surface area contributed by atoms with Gasteiger partial charge in [0.25, 0.3) is 0 Å². The topological polar surface area (TPSA) is 38.0 Å². The van der Waals surface area contributed by atoms with Crippen molar-refractivity contribution in [3.63, 3.8) is 0 Å². The summed E-state index contributed by atoms with van der Waals surface area (Å²) in [6.45, 7) is 2.57. The molecule has 0 aromatic heterocycles. The minimum absolute atomic E-state index is 0.488. The monoisotopic (exact) mass is 258 g/mol. The lowest BCUT2D eigenvalue weighted by Gasteiger charge is -2.25. The highest BCUT2D eigenvalue weighted by Crippen LogP contribution is 2.32. The van der Waals surface area contributed by atoms with Crippen molar-refractivity contribution in [1.82, 2.24) is 0 Å². The van der Waals surface area contributed by atoms with Crippen molar-refractivity contribution in [2.24, 2.45) is 5.73 Å². The molecule has 1 unspecified atom stereocenters. The molecule has 5 heteroatoms. The van der Waals surface area contributed by atoms with Gasteiger partial charge in [-0.25, -0.2) is 0 Å². The predicted octanol–water partition coefficient (Wildman–Crippen LogP) is 3.41. The first kappa shape index (κ1) is 14.6. The molecule has 1 atom stereocenters. The number of anilines is 1. The van der Waals surface area contributed by atoms with Crippen LogP contribution >= 0.6 is 0 Å². The summed E-state index contributed by atoms with van der Waals surface area (Å²) in [4.78, 5) is 0. The van der Waals surface area contributed by atoms with Crippen LogP contribution in [-0.2, 0) is 0 Å². The minimum atomic E-state index is -4.47. The fraction of sp³-hybridized carbons (Fsp3) is 0.385.